The van der Waals surface area contributed by atoms with Gasteiger partial charge in [0.1, 0.15) is 5.02 Å². The molecule has 0 N–H and O–H groups in total. The van der Waals surface area contributed by atoms with E-state index in [1.54, 1.807) is 7.05 Å². The Labute approximate surface area is 158 Å². The summed E-state index contributed by atoms with van der Waals surface area (Å²) in [5.74, 6) is -0.363. The molecule has 0 bridgehead atoms. The van der Waals surface area contributed by atoms with E-state index in [4.69, 9.17) is 34.8 Å². The number of rotatable bonds is 2. The number of carbonyl (C=O) groups excluding carboxylic acids is 2. The standard InChI is InChI=1S/C8H7Cl2NO2.C8H8ClNO2/c1-4(12)5-3-11(2)8(13)7(10)6(5)9;1-5(11)6-4-10(2)8(12)3-7(6)9/h3H,1-2H3;3-4H,1-2H3. The lowest BCUT2D eigenvalue weighted by molar-refractivity contribution is 0.100. The van der Waals surface area contributed by atoms with Crippen LogP contribution in [-0.2, 0) is 14.1 Å². The molecule has 0 saturated carbocycles. The van der Waals surface area contributed by atoms with Crippen molar-refractivity contribution in [2.24, 2.45) is 14.1 Å². The predicted molar refractivity (Wildman–Crippen MR) is 98.4 cm³/mol. The fourth-order valence-electron chi connectivity index (χ4n) is 1.79. The molecular weight excluding hydrogens is 391 g/mol. The lowest BCUT2D eigenvalue weighted by atomic mass is 10.2. The lowest BCUT2D eigenvalue weighted by Gasteiger charge is -2.04. The van der Waals surface area contributed by atoms with Gasteiger partial charge >= 0.3 is 0 Å². The molecule has 0 unspecified atom stereocenters. The Hall–Kier alpha value is -1.89. The van der Waals surface area contributed by atoms with Gasteiger partial charge < -0.3 is 9.13 Å². The third kappa shape index (κ3) is 5.04. The second-order valence-corrected chi connectivity index (χ2v) is 6.35. The highest BCUT2D eigenvalue weighted by atomic mass is 35.5. The van der Waals surface area contributed by atoms with Crippen LogP contribution < -0.4 is 11.1 Å². The van der Waals surface area contributed by atoms with E-state index in [1.165, 1.54) is 48.5 Å². The zero-order valence-corrected chi connectivity index (χ0v) is 16.2. The maximum atomic E-state index is 11.2. The highest BCUT2D eigenvalue weighted by molar-refractivity contribution is 6.43. The van der Waals surface area contributed by atoms with E-state index < -0.39 is 5.56 Å². The minimum absolute atomic E-state index is 0.0252. The Bertz CT molecular complexity index is 961. The van der Waals surface area contributed by atoms with Gasteiger partial charge in [0.25, 0.3) is 11.1 Å². The van der Waals surface area contributed by atoms with Crippen molar-refractivity contribution in [3.8, 4) is 0 Å². The molecular formula is C16H15Cl3N2O4. The summed E-state index contributed by atoms with van der Waals surface area (Å²) in [4.78, 5) is 44.1. The molecule has 134 valence electrons. The monoisotopic (exact) mass is 404 g/mol. The predicted octanol–water partition coefficient (Wildman–Crippen LogP) is 3.14. The van der Waals surface area contributed by atoms with E-state index in [-0.39, 0.29) is 37.8 Å². The molecule has 0 spiro atoms. The number of pyridine rings is 2. The third-order valence-corrected chi connectivity index (χ3v) is 4.35. The fourth-order valence-corrected chi connectivity index (χ4v) is 2.56. The quantitative estimate of drug-likeness (QED) is 0.719. The Morgan fingerprint density at radius 2 is 1.32 bits per heavy atom. The molecule has 0 saturated heterocycles. The van der Waals surface area contributed by atoms with Crippen molar-refractivity contribution in [3.05, 3.63) is 65.4 Å². The average Bonchev–Trinajstić information content (AvgIpc) is 2.52. The van der Waals surface area contributed by atoms with Crippen molar-refractivity contribution in [2.45, 2.75) is 13.8 Å². The smallest absolute Gasteiger partial charge is 0.270 e. The van der Waals surface area contributed by atoms with E-state index in [9.17, 15) is 19.2 Å². The molecule has 2 heterocycles. The summed E-state index contributed by atoms with van der Waals surface area (Å²) in [5, 5.41) is 0.125. The van der Waals surface area contributed by atoms with Crippen LogP contribution in [0.25, 0.3) is 0 Å². The maximum absolute atomic E-state index is 11.2. The summed E-state index contributed by atoms with van der Waals surface area (Å²) in [5.41, 5.74) is 0.00852. The van der Waals surface area contributed by atoms with Crippen molar-refractivity contribution in [3.63, 3.8) is 0 Å². The Morgan fingerprint density at radius 1 is 0.840 bits per heavy atom. The molecule has 0 fully saturated rings. The number of carbonyl (C=O) groups is 2. The number of hydrogen-bond acceptors (Lipinski definition) is 4. The molecule has 0 radical (unpaired) electrons. The highest BCUT2D eigenvalue weighted by Gasteiger charge is 2.13. The van der Waals surface area contributed by atoms with Crippen molar-refractivity contribution in [1.29, 1.82) is 0 Å². The van der Waals surface area contributed by atoms with Gasteiger partial charge in [-0.1, -0.05) is 34.8 Å². The zero-order chi connectivity index (χ0) is 19.5. The largest absolute Gasteiger partial charge is 0.318 e. The average molecular weight is 406 g/mol. The van der Waals surface area contributed by atoms with Crippen molar-refractivity contribution in [2.75, 3.05) is 0 Å². The molecule has 2 aromatic rings. The first-order valence-corrected chi connectivity index (χ1v) is 8.03. The van der Waals surface area contributed by atoms with E-state index >= 15 is 0 Å². The number of aryl methyl sites for hydroxylation is 2. The van der Waals surface area contributed by atoms with Crippen LogP contribution in [0.3, 0.4) is 0 Å². The first-order chi connectivity index (χ1) is 11.5. The van der Waals surface area contributed by atoms with Crippen LogP contribution in [-0.4, -0.2) is 20.7 Å². The van der Waals surface area contributed by atoms with E-state index in [0.717, 1.165) is 0 Å². The first-order valence-electron chi connectivity index (χ1n) is 6.90. The Kier molecular flexibility index (Phi) is 7.17. The van der Waals surface area contributed by atoms with Crippen molar-refractivity contribution < 1.29 is 9.59 Å². The Morgan fingerprint density at radius 3 is 1.80 bits per heavy atom. The minimum Gasteiger partial charge on any atom is -0.318 e. The maximum Gasteiger partial charge on any atom is 0.270 e. The lowest BCUT2D eigenvalue weighted by Crippen LogP contribution is -2.18. The summed E-state index contributed by atoms with van der Waals surface area (Å²) in [6, 6.07) is 1.23. The van der Waals surface area contributed by atoms with Gasteiger partial charge in [0.2, 0.25) is 0 Å². The molecule has 9 heteroatoms. The van der Waals surface area contributed by atoms with E-state index in [2.05, 4.69) is 0 Å². The summed E-state index contributed by atoms with van der Waals surface area (Å²) < 4.78 is 2.55. The second-order valence-electron chi connectivity index (χ2n) is 5.18. The molecule has 2 rings (SSSR count). The summed E-state index contributed by atoms with van der Waals surface area (Å²) in [6.07, 6.45) is 2.81. The van der Waals surface area contributed by atoms with Crippen LogP contribution in [0.4, 0.5) is 0 Å². The third-order valence-electron chi connectivity index (χ3n) is 3.20. The number of halogens is 3. The van der Waals surface area contributed by atoms with Crippen LogP contribution in [0.2, 0.25) is 15.1 Å². The molecule has 0 atom stereocenters. The molecule has 0 aliphatic carbocycles. The number of ketones is 2. The first kappa shape index (κ1) is 21.2. The second kappa shape index (κ2) is 8.47. The van der Waals surface area contributed by atoms with Crippen LogP contribution >= 0.6 is 34.8 Å². The van der Waals surface area contributed by atoms with Gasteiger partial charge in [0.15, 0.2) is 11.6 Å². The molecule has 0 amide bonds. The zero-order valence-electron chi connectivity index (χ0n) is 13.9. The molecule has 6 nitrogen and oxygen atoms in total. The molecule has 0 aliphatic heterocycles. The van der Waals surface area contributed by atoms with Crippen molar-refractivity contribution >= 4 is 46.4 Å². The number of hydrogen-bond donors (Lipinski definition) is 0. The fraction of sp³-hybridized carbons (Fsp3) is 0.250. The van der Waals surface area contributed by atoms with Gasteiger partial charge in [-0.25, -0.2) is 0 Å². The van der Waals surface area contributed by atoms with Gasteiger partial charge in [-0.2, -0.15) is 0 Å². The van der Waals surface area contributed by atoms with Crippen LogP contribution in [0.5, 0.6) is 0 Å². The van der Waals surface area contributed by atoms with E-state index in [0.29, 0.717) is 5.56 Å². The van der Waals surface area contributed by atoms with Crippen LogP contribution in [0, 0.1) is 0 Å². The summed E-state index contributed by atoms with van der Waals surface area (Å²) >= 11 is 17.0. The van der Waals surface area contributed by atoms with Crippen LogP contribution in [0.15, 0.2) is 28.0 Å². The Balaban J connectivity index is 0.000000251. The number of Topliss-reactive ketones (excluding diaryl/α,β-unsaturated/α-hetero) is 2. The molecule has 0 aliphatic rings. The van der Waals surface area contributed by atoms with Gasteiger partial charge in [-0.3, -0.25) is 19.2 Å². The molecule has 25 heavy (non-hydrogen) atoms. The highest BCUT2D eigenvalue weighted by Crippen LogP contribution is 2.22. The minimum atomic E-state index is -0.406. The van der Waals surface area contributed by atoms with Gasteiger partial charge in [-0.05, 0) is 13.8 Å². The summed E-state index contributed by atoms with van der Waals surface area (Å²) in [7, 11) is 3.09. The van der Waals surface area contributed by atoms with Crippen LogP contribution in [0.1, 0.15) is 34.6 Å². The van der Waals surface area contributed by atoms with E-state index in [1.807, 2.05) is 0 Å². The van der Waals surface area contributed by atoms with Gasteiger partial charge in [-0.15, -0.1) is 0 Å². The van der Waals surface area contributed by atoms with Crippen molar-refractivity contribution in [1.82, 2.24) is 9.13 Å². The van der Waals surface area contributed by atoms with Gasteiger partial charge in [0.05, 0.1) is 21.2 Å². The topological polar surface area (TPSA) is 78.1 Å². The molecule has 0 aromatic carbocycles. The number of nitrogens with zero attached hydrogens (tertiary/aromatic N) is 2. The van der Waals surface area contributed by atoms with Gasteiger partial charge in [0, 0.05) is 32.6 Å². The normalized spacial score (nSPS) is 10.0. The molecule has 2 aromatic heterocycles. The summed E-state index contributed by atoms with van der Waals surface area (Å²) in [6.45, 7) is 2.77. The number of aromatic nitrogens is 2. The SMILES string of the molecule is CC(=O)c1cn(C)c(=O)c(Cl)c1Cl.CC(=O)c1cn(C)c(=O)cc1Cl.